The lowest BCUT2D eigenvalue weighted by Crippen LogP contribution is -2.06. The van der Waals surface area contributed by atoms with Crippen molar-refractivity contribution in [3.63, 3.8) is 0 Å². The quantitative estimate of drug-likeness (QED) is 0.611. The topological polar surface area (TPSA) is 55.8 Å². The Morgan fingerprint density at radius 1 is 1.35 bits per heavy atom. The van der Waals surface area contributed by atoms with Crippen LogP contribution in [0.25, 0.3) is 0 Å². The van der Waals surface area contributed by atoms with Crippen LogP contribution < -0.4 is 4.74 Å². The Labute approximate surface area is 101 Å². The van der Waals surface area contributed by atoms with Gasteiger partial charge in [0.1, 0.15) is 0 Å². The molecular formula is C13H18O4. The number of rotatable bonds is 6. The van der Waals surface area contributed by atoms with Gasteiger partial charge in [-0.05, 0) is 31.5 Å². The Morgan fingerprint density at radius 3 is 2.76 bits per heavy atom. The van der Waals surface area contributed by atoms with E-state index in [2.05, 4.69) is 0 Å². The Hall–Kier alpha value is -1.71. The van der Waals surface area contributed by atoms with E-state index in [1.807, 2.05) is 13.8 Å². The average Bonchev–Trinajstić information content (AvgIpc) is 2.32. The second-order valence-corrected chi connectivity index (χ2v) is 3.60. The molecule has 1 aromatic rings. The zero-order chi connectivity index (χ0) is 12.7. The van der Waals surface area contributed by atoms with Gasteiger partial charge in [-0.15, -0.1) is 0 Å². The van der Waals surface area contributed by atoms with Crippen molar-refractivity contribution < 1.29 is 19.4 Å². The first-order valence-corrected chi connectivity index (χ1v) is 5.82. The van der Waals surface area contributed by atoms with Crippen molar-refractivity contribution in [3.05, 3.63) is 23.8 Å². The predicted octanol–water partition coefficient (Wildman–Crippen LogP) is 2.75. The number of benzene rings is 1. The molecule has 0 amide bonds. The number of carbonyl (C=O) groups is 1. The van der Waals surface area contributed by atoms with Crippen molar-refractivity contribution in [2.75, 3.05) is 13.2 Å². The number of hydrogen-bond acceptors (Lipinski definition) is 4. The normalized spacial score (nSPS) is 10.0. The van der Waals surface area contributed by atoms with Gasteiger partial charge in [0.05, 0.1) is 18.8 Å². The molecule has 1 aromatic carbocycles. The summed E-state index contributed by atoms with van der Waals surface area (Å²) in [6.07, 6.45) is 1.83. The van der Waals surface area contributed by atoms with Crippen LogP contribution >= 0.6 is 0 Å². The third-order valence-electron chi connectivity index (χ3n) is 2.23. The zero-order valence-corrected chi connectivity index (χ0v) is 10.2. The van der Waals surface area contributed by atoms with Gasteiger partial charge in [0.2, 0.25) is 0 Å². The van der Waals surface area contributed by atoms with E-state index in [-0.39, 0.29) is 11.7 Å². The Morgan fingerprint density at radius 2 is 2.12 bits per heavy atom. The van der Waals surface area contributed by atoms with Crippen molar-refractivity contribution in [3.8, 4) is 11.5 Å². The Kier molecular flexibility index (Phi) is 5.33. The Bertz CT molecular complexity index is 374. The zero-order valence-electron chi connectivity index (χ0n) is 10.2. The summed E-state index contributed by atoms with van der Waals surface area (Å²) in [6.45, 7) is 4.69. The lowest BCUT2D eigenvalue weighted by molar-refractivity contribution is 0.0499. The minimum Gasteiger partial charge on any atom is -0.504 e. The minimum absolute atomic E-state index is 0.0250. The number of hydrogen-bond donors (Lipinski definition) is 1. The van der Waals surface area contributed by atoms with Crippen LogP contribution in [0.1, 0.15) is 37.0 Å². The fourth-order valence-electron chi connectivity index (χ4n) is 1.30. The number of unbranched alkanes of at least 4 members (excludes halogenated alkanes) is 1. The molecule has 0 saturated heterocycles. The highest BCUT2D eigenvalue weighted by atomic mass is 16.5. The molecule has 0 aliphatic rings. The van der Waals surface area contributed by atoms with Crippen LogP contribution in [0.5, 0.6) is 11.5 Å². The van der Waals surface area contributed by atoms with Crippen LogP contribution in [0.15, 0.2) is 18.2 Å². The van der Waals surface area contributed by atoms with E-state index in [1.165, 1.54) is 18.2 Å². The van der Waals surface area contributed by atoms with Gasteiger partial charge in [-0.2, -0.15) is 0 Å². The van der Waals surface area contributed by atoms with Crippen LogP contribution in [-0.4, -0.2) is 24.3 Å². The maximum Gasteiger partial charge on any atom is 0.338 e. The van der Waals surface area contributed by atoms with Gasteiger partial charge >= 0.3 is 5.97 Å². The fraction of sp³-hybridized carbons (Fsp3) is 0.462. The number of aromatic hydroxyl groups is 1. The summed E-state index contributed by atoms with van der Waals surface area (Å²) < 4.78 is 10.3. The molecular weight excluding hydrogens is 220 g/mol. The molecule has 0 saturated carbocycles. The SMILES string of the molecule is CCCCOC(=O)c1ccc(O)c(OCC)c1. The maximum atomic E-state index is 11.6. The van der Waals surface area contributed by atoms with E-state index in [4.69, 9.17) is 9.47 Å². The molecule has 0 fully saturated rings. The summed E-state index contributed by atoms with van der Waals surface area (Å²) in [6, 6.07) is 4.45. The first-order valence-electron chi connectivity index (χ1n) is 5.82. The van der Waals surface area contributed by atoms with Crippen LogP contribution in [0.4, 0.5) is 0 Å². The molecule has 0 heterocycles. The lowest BCUT2D eigenvalue weighted by Gasteiger charge is -2.08. The van der Waals surface area contributed by atoms with Crippen molar-refractivity contribution in [2.24, 2.45) is 0 Å². The van der Waals surface area contributed by atoms with Gasteiger partial charge < -0.3 is 14.6 Å². The van der Waals surface area contributed by atoms with Gasteiger partial charge in [-0.3, -0.25) is 0 Å². The molecule has 1 N–H and O–H groups in total. The van der Waals surface area contributed by atoms with E-state index in [0.29, 0.717) is 24.5 Å². The molecule has 0 bridgehead atoms. The minimum atomic E-state index is -0.389. The van der Waals surface area contributed by atoms with Crippen molar-refractivity contribution in [1.82, 2.24) is 0 Å². The summed E-state index contributed by atoms with van der Waals surface area (Å²) >= 11 is 0. The highest BCUT2D eigenvalue weighted by Gasteiger charge is 2.10. The fourth-order valence-corrected chi connectivity index (χ4v) is 1.30. The average molecular weight is 238 g/mol. The largest absolute Gasteiger partial charge is 0.504 e. The van der Waals surface area contributed by atoms with Crippen LogP contribution in [0.2, 0.25) is 0 Å². The monoisotopic (exact) mass is 238 g/mol. The number of ether oxygens (including phenoxy) is 2. The Balaban J connectivity index is 2.70. The first kappa shape index (κ1) is 13.4. The second-order valence-electron chi connectivity index (χ2n) is 3.60. The number of carbonyl (C=O) groups excluding carboxylic acids is 1. The smallest absolute Gasteiger partial charge is 0.338 e. The third-order valence-corrected chi connectivity index (χ3v) is 2.23. The lowest BCUT2D eigenvalue weighted by atomic mass is 10.2. The highest BCUT2D eigenvalue weighted by molar-refractivity contribution is 5.90. The van der Waals surface area contributed by atoms with Crippen LogP contribution in [-0.2, 0) is 4.74 Å². The van der Waals surface area contributed by atoms with Crippen LogP contribution in [0.3, 0.4) is 0 Å². The summed E-state index contributed by atoms with van der Waals surface area (Å²) in [4.78, 5) is 11.6. The molecule has 94 valence electrons. The molecule has 0 atom stereocenters. The second kappa shape index (κ2) is 6.78. The van der Waals surface area contributed by atoms with E-state index < -0.39 is 0 Å². The molecule has 4 nitrogen and oxygen atoms in total. The van der Waals surface area contributed by atoms with Gasteiger partial charge in [0.25, 0.3) is 0 Å². The summed E-state index contributed by atoms with van der Waals surface area (Å²) in [5.41, 5.74) is 0.391. The molecule has 0 radical (unpaired) electrons. The van der Waals surface area contributed by atoms with Gasteiger partial charge in [-0.25, -0.2) is 4.79 Å². The highest BCUT2D eigenvalue weighted by Crippen LogP contribution is 2.27. The maximum absolute atomic E-state index is 11.6. The standard InChI is InChI=1S/C13H18O4/c1-3-5-8-17-13(15)10-6-7-11(14)12(9-10)16-4-2/h6-7,9,14H,3-5,8H2,1-2H3. The number of esters is 1. The van der Waals surface area contributed by atoms with Crippen molar-refractivity contribution in [1.29, 1.82) is 0 Å². The van der Waals surface area contributed by atoms with Crippen LogP contribution in [0, 0.1) is 0 Å². The van der Waals surface area contributed by atoms with E-state index in [9.17, 15) is 9.90 Å². The first-order chi connectivity index (χ1) is 8.19. The van der Waals surface area contributed by atoms with E-state index in [1.54, 1.807) is 0 Å². The van der Waals surface area contributed by atoms with E-state index in [0.717, 1.165) is 12.8 Å². The van der Waals surface area contributed by atoms with Crippen molar-refractivity contribution in [2.45, 2.75) is 26.7 Å². The van der Waals surface area contributed by atoms with Crippen molar-refractivity contribution >= 4 is 5.97 Å². The van der Waals surface area contributed by atoms with Gasteiger partial charge in [0.15, 0.2) is 11.5 Å². The molecule has 0 aromatic heterocycles. The molecule has 4 heteroatoms. The summed E-state index contributed by atoms with van der Waals surface area (Å²) in [5, 5.41) is 9.48. The molecule has 0 aliphatic heterocycles. The third kappa shape index (κ3) is 3.98. The predicted molar refractivity (Wildman–Crippen MR) is 64.5 cm³/mol. The molecule has 0 aliphatic carbocycles. The van der Waals surface area contributed by atoms with Gasteiger partial charge in [-0.1, -0.05) is 13.3 Å². The summed E-state index contributed by atoms with van der Waals surface area (Å²) in [5.74, 6) is -0.0613. The molecule has 17 heavy (non-hydrogen) atoms. The summed E-state index contributed by atoms with van der Waals surface area (Å²) in [7, 11) is 0. The number of phenols is 1. The number of phenolic OH excluding ortho intramolecular Hbond substituents is 1. The molecule has 0 spiro atoms. The van der Waals surface area contributed by atoms with Gasteiger partial charge in [0, 0.05) is 0 Å². The van der Waals surface area contributed by atoms with E-state index >= 15 is 0 Å². The molecule has 1 rings (SSSR count). The molecule has 0 unspecified atom stereocenters.